The number of carbonyl (C=O) groups excluding carboxylic acids is 1. The third kappa shape index (κ3) is 4.31. The highest BCUT2D eigenvalue weighted by Gasteiger charge is 2.33. The average molecular weight is 447 g/mol. The fourth-order valence-electron chi connectivity index (χ4n) is 3.89. The lowest BCUT2D eigenvalue weighted by Gasteiger charge is -2.32. The first-order chi connectivity index (χ1) is 14.4. The van der Waals surface area contributed by atoms with Gasteiger partial charge in [0.05, 0.1) is 4.91 Å². The lowest BCUT2D eigenvalue weighted by molar-refractivity contribution is -0.122. The maximum Gasteiger partial charge on any atom is 0.270 e. The van der Waals surface area contributed by atoms with Crippen LogP contribution in [0.3, 0.4) is 0 Å². The molecule has 2 aliphatic rings. The lowest BCUT2D eigenvalue weighted by atomic mass is 10.0. The van der Waals surface area contributed by atoms with E-state index in [2.05, 4.69) is 4.90 Å². The number of hydrogen-bond donors (Lipinski definition) is 0. The van der Waals surface area contributed by atoms with Gasteiger partial charge in [-0.2, -0.15) is 5.26 Å². The number of pyridine rings is 1. The maximum absolute atomic E-state index is 13.0. The van der Waals surface area contributed by atoms with Gasteiger partial charge in [-0.05, 0) is 44.2 Å². The molecule has 30 heavy (non-hydrogen) atoms. The van der Waals surface area contributed by atoms with Crippen LogP contribution in [-0.4, -0.2) is 53.0 Å². The highest BCUT2D eigenvalue weighted by molar-refractivity contribution is 8.26. The number of methoxy groups -OCH3 is 1. The topological polar surface area (TPSA) is 78.6 Å². The zero-order valence-corrected chi connectivity index (χ0v) is 19.2. The summed E-state index contributed by atoms with van der Waals surface area (Å²) in [4.78, 5) is 30.0. The molecule has 0 aromatic carbocycles. The number of nitrogens with zero attached hydrogens (tertiary/aromatic N) is 4. The number of hydrogen-bond acceptors (Lipinski definition) is 7. The summed E-state index contributed by atoms with van der Waals surface area (Å²) in [6.07, 6.45) is 5.76. The molecule has 2 fully saturated rings. The number of carbonyl (C=O) groups is 1. The smallest absolute Gasteiger partial charge is 0.270 e. The number of anilines is 1. The number of rotatable bonds is 6. The van der Waals surface area contributed by atoms with Gasteiger partial charge >= 0.3 is 0 Å². The van der Waals surface area contributed by atoms with Gasteiger partial charge in [-0.3, -0.25) is 19.1 Å². The van der Waals surface area contributed by atoms with Crippen molar-refractivity contribution in [2.24, 2.45) is 7.05 Å². The van der Waals surface area contributed by atoms with E-state index in [1.54, 1.807) is 36.6 Å². The Balaban J connectivity index is 2.07. The number of amides is 1. The molecule has 3 heterocycles. The standard InChI is InChI=1S/C21H26N4O3S2/c1-14-15(12-17-20(27)25(21(29)30-17)10-7-11-28-3)18(24-8-5-4-6-9-24)23(2)19(26)16(14)13-22/h12H,4-11H2,1-3H3/b17-12-. The Kier molecular flexibility index (Phi) is 7.34. The Hall–Kier alpha value is -2.15. The van der Waals surface area contributed by atoms with Crippen molar-refractivity contribution in [3.05, 3.63) is 31.9 Å². The van der Waals surface area contributed by atoms with Crippen molar-refractivity contribution < 1.29 is 9.53 Å². The minimum Gasteiger partial charge on any atom is -0.385 e. The molecule has 160 valence electrons. The molecule has 7 nitrogen and oxygen atoms in total. The van der Waals surface area contributed by atoms with Crippen molar-refractivity contribution in [3.8, 4) is 6.07 Å². The summed E-state index contributed by atoms with van der Waals surface area (Å²) < 4.78 is 7.13. The normalized spacial score (nSPS) is 18.4. The van der Waals surface area contributed by atoms with Crippen LogP contribution >= 0.6 is 24.0 Å². The predicted octanol–water partition coefficient (Wildman–Crippen LogP) is 2.79. The monoisotopic (exact) mass is 446 g/mol. The van der Waals surface area contributed by atoms with Gasteiger partial charge in [-0.15, -0.1) is 0 Å². The molecule has 1 amide bonds. The van der Waals surface area contributed by atoms with Crippen LogP contribution in [0.2, 0.25) is 0 Å². The van der Waals surface area contributed by atoms with Gasteiger partial charge in [0.15, 0.2) is 0 Å². The molecule has 1 aromatic heterocycles. The Morgan fingerprint density at radius 1 is 1.27 bits per heavy atom. The van der Waals surface area contributed by atoms with Crippen molar-refractivity contribution in [2.45, 2.75) is 32.6 Å². The summed E-state index contributed by atoms with van der Waals surface area (Å²) >= 11 is 6.68. The first-order valence-corrected chi connectivity index (χ1v) is 11.3. The van der Waals surface area contributed by atoms with Crippen molar-refractivity contribution >= 4 is 46.1 Å². The number of aromatic nitrogens is 1. The molecule has 0 atom stereocenters. The molecular formula is C21H26N4O3S2. The number of thioether (sulfide) groups is 1. The first kappa shape index (κ1) is 22.5. The zero-order valence-electron chi connectivity index (χ0n) is 17.6. The molecule has 0 radical (unpaired) electrons. The molecule has 0 bridgehead atoms. The lowest BCUT2D eigenvalue weighted by Crippen LogP contribution is -2.36. The summed E-state index contributed by atoms with van der Waals surface area (Å²) in [7, 11) is 3.32. The van der Waals surface area contributed by atoms with Crippen molar-refractivity contribution in [1.29, 1.82) is 5.26 Å². The zero-order chi connectivity index (χ0) is 21.8. The summed E-state index contributed by atoms with van der Waals surface area (Å²) in [6.45, 7) is 4.53. The second-order valence-corrected chi connectivity index (χ2v) is 9.12. The third-order valence-electron chi connectivity index (χ3n) is 5.50. The van der Waals surface area contributed by atoms with Crippen LogP contribution in [0.25, 0.3) is 6.08 Å². The van der Waals surface area contributed by atoms with E-state index in [4.69, 9.17) is 17.0 Å². The fourth-order valence-corrected chi connectivity index (χ4v) is 5.18. The van der Waals surface area contributed by atoms with Gasteiger partial charge in [0.2, 0.25) is 0 Å². The average Bonchev–Trinajstić information content (AvgIpc) is 3.01. The Morgan fingerprint density at radius 2 is 1.97 bits per heavy atom. The van der Waals surface area contributed by atoms with Crippen molar-refractivity contribution in [1.82, 2.24) is 9.47 Å². The minimum atomic E-state index is -0.306. The third-order valence-corrected chi connectivity index (χ3v) is 6.88. The minimum absolute atomic E-state index is 0.111. The Bertz CT molecular complexity index is 987. The van der Waals surface area contributed by atoms with E-state index in [1.807, 2.05) is 6.07 Å². The molecule has 2 saturated heterocycles. The molecule has 0 N–H and O–H groups in total. The van der Waals surface area contributed by atoms with Gasteiger partial charge in [0, 0.05) is 46.0 Å². The first-order valence-electron chi connectivity index (χ1n) is 10.0. The van der Waals surface area contributed by atoms with E-state index in [0.717, 1.165) is 43.7 Å². The van der Waals surface area contributed by atoms with Crippen molar-refractivity contribution in [3.63, 3.8) is 0 Å². The fraction of sp³-hybridized carbons (Fsp3) is 0.524. The van der Waals surface area contributed by atoms with Crippen molar-refractivity contribution in [2.75, 3.05) is 38.3 Å². The van der Waals surface area contributed by atoms with Crippen LogP contribution in [0.15, 0.2) is 9.70 Å². The van der Waals surface area contributed by atoms with Gasteiger partial charge in [-0.25, -0.2) is 0 Å². The second-order valence-electron chi connectivity index (χ2n) is 7.44. The molecule has 3 rings (SSSR count). The summed E-state index contributed by atoms with van der Waals surface area (Å²) in [6, 6.07) is 2.04. The largest absolute Gasteiger partial charge is 0.385 e. The Labute approximate surface area is 186 Å². The molecule has 1 aromatic rings. The highest BCUT2D eigenvalue weighted by Crippen LogP contribution is 2.36. The number of ether oxygens (including phenoxy) is 1. The van der Waals surface area contributed by atoms with Gasteiger partial charge in [0.25, 0.3) is 11.5 Å². The highest BCUT2D eigenvalue weighted by atomic mass is 32.2. The van der Waals surface area contributed by atoms with Crippen LogP contribution in [0.1, 0.15) is 42.4 Å². The second kappa shape index (κ2) is 9.77. The number of piperidine rings is 1. The molecule has 0 aliphatic carbocycles. The summed E-state index contributed by atoms with van der Waals surface area (Å²) in [5.74, 6) is 0.623. The van der Waals surface area contributed by atoms with E-state index in [9.17, 15) is 14.9 Å². The maximum atomic E-state index is 13.0. The summed E-state index contributed by atoms with van der Waals surface area (Å²) in [5.41, 5.74) is 1.15. The predicted molar refractivity (Wildman–Crippen MR) is 124 cm³/mol. The van der Waals surface area contributed by atoms with Crippen LogP contribution in [0.4, 0.5) is 5.82 Å². The Morgan fingerprint density at radius 3 is 2.60 bits per heavy atom. The molecule has 0 spiro atoms. The van der Waals surface area contributed by atoms with E-state index >= 15 is 0 Å². The molecule has 9 heteroatoms. The number of thiocarbonyl (C=S) groups is 1. The van der Waals surface area contributed by atoms with Crippen LogP contribution in [0, 0.1) is 18.3 Å². The van der Waals surface area contributed by atoms with Crippen LogP contribution < -0.4 is 10.5 Å². The molecular weight excluding hydrogens is 420 g/mol. The van der Waals surface area contributed by atoms with Gasteiger partial charge < -0.3 is 9.64 Å². The van der Waals surface area contributed by atoms with Crippen LogP contribution in [0.5, 0.6) is 0 Å². The van der Waals surface area contributed by atoms with Gasteiger partial charge in [-0.1, -0.05) is 24.0 Å². The molecule has 2 aliphatic heterocycles. The van der Waals surface area contributed by atoms with E-state index in [1.165, 1.54) is 11.8 Å². The van der Waals surface area contributed by atoms with E-state index in [-0.39, 0.29) is 17.0 Å². The SMILES string of the molecule is COCCCN1C(=O)/C(=C/c2c(C)c(C#N)c(=O)n(C)c2N2CCCCC2)SC1=S. The van der Waals surface area contributed by atoms with E-state index < -0.39 is 0 Å². The molecule has 0 unspecified atom stereocenters. The van der Waals surface area contributed by atoms with E-state index in [0.29, 0.717) is 34.4 Å². The summed E-state index contributed by atoms with van der Waals surface area (Å²) in [5, 5.41) is 9.56. The quantitative estimate of drug-likeness (QED) is 0.378. The van der Waals surface area contributed by atoms with Crippen LogP contribution in [-0.2, 0) is 16.6 Å². The number of nitriles is 1. The molecule has 0 saturated carbocycles. The van der Waals surface area contributed by atoms with Gasteiger partial charge in [0.1, 0.15) is 21.8 Å².